The van der Waals surface area contributed by atoms with Crippen molar-refractivity contribution in [2.45, 2.75) is 19.5 Å². The van der Waals surface area contributed by atoms with Gasteiger partial charge < -0.3 is 4.74 Å². The Morgan fingerprint density at radius 1 is 1.04 bits per heavy atom. The zero-order chi connectivity index (χ0) is 20.7. The molecule has 2 aromatic heterocycles. The molecule has 0 saturated heterocycles. The second kappa shape index (κ2) is 6.73. The highest BCUT2D eigenvalue weighted by Crippen LogP contribution is 2.36. The Hall–Kier alpha value is -3.24. The van der Waals surface area contributed by atoms with Crippen LogP contribution in [0.25, 0.3) is 16.8 Å². The number of hydrogen-bond donors (Lipinski definition) is 1. The molecule has 5 nitrogen and oxygen atoms in total. The summed E-state index contributed by atoms with van der Waals surface area (Å²) in [7, 11) is 0. The van der Waals surface area contributed by atoms with E-state index < -0.39 is 29.5 Å². The summed E-state index contributed by atoms with van der Waals surface area (Å²) in [4.78, 5) is 12.3. The maximum atomic E-state index is 13.1. The Morgan fingerprint density at radius 2 is 1.68 bits per heavy atom. The van der Waals surface area contributed by atoms with Gasteiger partial charge in [0.05, 0.1) is 6.20 Å². The second-order valence-corrected chi connectivity index (χ2v) is 5.78. The highest BCUT2D eigenvalue weighted by molar-refractivity contribution is 5.68. The van der Waals surface area contributed by atoms with Gasteiger partial charge in [0.25, 0.3) is 5.56 Å². The van der Waals surface area contributed by atoms with E-state index in [1.807, 2.05) is 5.10 Å². The van der Waals surface area contributed by atoms with Crippen molar-refractivity contribution in [3.8, 4) is 22.6 Å². The van der Waals surface area contributed by atoms with Gasteiger partial charge in [0.15, 0.2) is 0 Å². The number of aryl methyl sites for hydroxylation is 1. The van der Waals surface area contributed by atoms with Crippen LogP contribution in [0.2, 0.25) is 0 Å². The molecule has 28 heavy (non-hydrogen) atoms. The predicted octanol–water partition coefficient (Wildman–Crippen LogP) is 4.45. The van der Waals surface area contributed by atoms with Crippen molar-refractivity contribution >= 4 is 0 Å². The molecular weight excluding hydrogens is 392 g/mol. The van der Waals surface area contributed by atoms with E-state index >= 15 is 0 Å². The summed E-state index contributed by atoms with van der Waals surface area (Å²) in [6.07, 6.45) is -7.39. The normalized spacial score (nSPS) is 12.2. The first kappa shape index (κ1) is 19.5. The number of nitrogens with zero attached hydrogens (tertiary/aromatic N) is 2. The van der Waals surface area contributed by atoms with E-state index in [0.29, 0.717) is 0 Å². The molecule has 2 heterocycles. The fourth-order valence-electron chi connectivity index (χ4n) is 2.63. The van der Waals surface area contributed by atoms with Crippen molar-refractivity contribution in [2.75, 3.05) is 0 Å². The topological polar surface area (TPSA) is 59.9 Å². The Kier molecular flexibility index (Phi) is 4.69. The van der Waals surface area contributed by atoms with Gasteiger partial charge in [-0.15, -0.1) is 13.2 Å². The van der Waals surface area contributed by atoms with Crippen LogP contribution in [-0.2, 0) is 6.18 Å². The summed E-state index contributed by atoms with van der Waals surface area (Å²) >= 11 is 0. The molecule has 0 spiro atoms. The van der Waals surface area contributed by atoms with Crippen molar-refractivity contribution in [3.63, 3.8) is 0 Å². The van der Waals surface area contributed by atoms with Gasteiger partial charge in [-0.05, 0) is 36.8 Å². The molecule has 0 amide bonds. The number of halogens is 6. The SMILES string of the molecule is Cc1cc(=O)n(-c2ccc(OC(F)(F)F)cc2)cc1-c1cn[nH]c1C(F)(F)F. The predicted molar refractivity (Wildman–Crippen MR) is 86.0 cm³/mol. The van der Waals surface area contributed by atoms with Crippen LogP contribution in [0.15, 0.2) is 47.5 Å². The number of H-pyrrole nitrogens is 1. The summed E-state index contributed by atoms with van der Waals surface area (Å²) in [5.74, 6) is -0.495. The van der Waals surface area contributed by atoms with Gasteiger partial charge in [-0.2, -0.15) is 18.3 Å². The lowest BCUT2D eigenvalue weighted by Crippen LogP contribution is -2.19. The number of alkyl halides is 6. The van der Waals surface area contributed by atoms with Crippen LogP contribution in [-0.4, -0.2) is 21.1 Å². The number of pyridine rings is 1. The maximum Gasteiger partial charge on any atom is 0.573 e. The molecule has 11 heteroatoms. The van der Waals surface area contributed by atoms with Crippen molar-refractivity contribution in [2.24, 2.45) is 0 Å². The molecule has 1 N–H and O–H groups in total. The smallest absolute Gasteiger partial charge is 0.406 e. The van der Waals surface area contributed by atoms with Crippen molar-refractivity contribution < 1.29 is 31.1 Å². The van der Waals surface area contributed by atoms with Gasteiger partial charge in [0.1, 0.15) is 11.4 Å². The largest absolute Gasteiger partial charge is 0.573 e. The summed E-state index contributed by atoms with van der Waals surface area (Å²) < 4.78 is 80.9. The fraction of sp³-hybridized carbons (Fsp3) is 0.176. The summed E-state index contributed by atoms with van der Waals surface area (Å²) in [5, 5.41) is 5.31. The molecule has 3 rings (SSSR count). The minimum absolute atomic E-state index is 0.0938. The average molecular weight is 403 g/mol. The van der Waals surface area contributed by atoms with Gasteiger partial charge in [0.2, 0.25) is 0 Å². The van der Waals surface area contributed by atoms with Crippen molar-refractivity contribution in [3.05, 3.63) is 64.3 Å². The van der Waals surface area contributed by atoms with Crippen LogP contribution >= 0.6 is 0 Å². The van der Waals surface area contributed by atoms with Crippen LogP contribution in [0.1, 0.15) is 11.3 Å². The number of benzene rings is 1. The number of aromatic nitrogens is 3. The molecule has 0 aliphatic rings. The van der Waals surface area contributed by atoms with Crippen LogP contribution in [0, 0.1) is 6.92 Å². The lowest BCUT2D eigenvalue weighted by Gasteiger charge is -2.13. The summed E-state index contributed by atoms with van der Waals surface area (Å²) in [6, 6.07) is 5.48. The zero-order valence-corrected chi connectivity index (χ0v) is 14.0. The Morgan fingerprint density at radius 3 is 2.25 bits per heavy atom. The molecule has 1 aromatic carbocycles. The first-order valence-electron chi connectivity index (χ1n) is 7.66. The highest BCUT2D eigenvalue weighted by Gasteiger charge is 2.36. The first-order chi connectivity index (χ1) is 13.0. The van der Waals surface area contributed by atoms with Gasteiger partial charge in [-0.25, -0.2) is 0 Å². The second-order valence-electron chi connectivity index (χ2n) is 5.78. The Labute approximate surface area is 153 Å². The average Bonchev–Trinajstić information content (AvgIpc) is 3.04. The van der Waals surface area contributed by atoms with E-state index in [4.69, 9.17) is 0 Å². The molecule has 0 atom stereocenters. The molecular formula is C17H11F6N3O2. The molecule has 0 aliphatic carbocycles. The lowest BCUT2D eigenvalue weighted by molar-refractivity contribution is -0.274. The molecule has 0 unspecified atom stereocenters. The molecule has 0 fully saturated rings. The van der Waals surface area contributed by atoms with Crippen LogP contribution < -0.4 is 10.3 Å². The minimum Gasteiger partial charge on any atom is -0.406 e. The molecule has 148 valence electrons. The highest BCUT2D eigenvalue weighted by atomic mass is 19.4. The van der Waals surface area contributed by atoms with Gasteiger partial charge in [-0.1, -0.05) is 0 Å². The monoisotopic (exact) mass is 403 g/mol. The Bertz CT molecular complexity index is 1050. The van der Waals surface area contributed by atoms with Crippen LogP contribution in [0.4, 0.5) is 26.3 Å². The maximum absolute atomic E-state index is 13.1. The van der Waals surface area contributed by atoms with Crippen molar-refractivity contribution in [1.82, 2.24) is 14.8 Å². The number of nitrogens with one attached hydrogen (secondary N) is 1. The van der Waals surface area contributed by atoms with E-state index in [0.717, 1.165) is 29.0 Å². The zero-order valence-electron chi connectivity index (χ0n) is 14.0. The Balaban J connectivity index is 2.06. The standard InChI is InChI=1S/C17H11F6N3O2/c1-9-6-14(27)26(10-2-4-11(5-3-10)28-17(21,22)23)8-13(9)12-7-24-25-15(12)16(18,19)20/h2-8H,1H3,(H,24,25). The van der Waals surface area contributed by atoms with Crippen LogP contribution in [0.3, 0.4) is 0 Å². The summed E-state index contributed by atoms with van der Waals surface area (Å²) in [6.45, 7) is 1.47. The molecule has 0 aliphatic heterocycles. The summed E-state index contributed by atoms with van der Waals surface area (Å²) in [5.41, 5.74) is -1.37. The van der Waals surface area contributed by atoms with Gasteiger partial charge in [0, 0.05) is 29.1 Å². The number of rotatable bonds is 3. The third-order valence-corrected chi connectivity index (χ3v) is 3.82. The fourth-order valence-corrected chi connectivity index (χ4v) is 2.63. The number of aromatic amines is 1. The third kappa shape index (κ3) is 4.02. The quantitative estimate of drug-likeness (QED) is 0.658. The van der Waals surface area contributed by atoms with Gasteiger partial charge in [-0.3, -0.25) is 14.5 Å². The number of hydrogen-bond acceptors (Lipinski definition) is 3. The number of ether oxygens (including phenoxy) is 1. The van der Waals surface area contributed by atoms with Crippen molar-refractivity contribution in [1.29, 1.82) is 0 Å². The molecule has 0 saturated carbocycles. The van der Waals surface area contributed by atoms with E-state index in [1.165, 1.54) is 25.3 Å². The molecule has 0 bridgehead atoms. The lowest BCUT2D eigenvalue weighted by atomic mass is 10.0. The minimum atomic E-state index is -4.87. The van der Waals surface area contributed by atoms with Gasteiger partial charge >= 0.3 is 12.5 Å². The van der Waals surface area contributed by atoms with E-state index in [9.17, 15) is 31.1 Å². The van der Waals surface area contributed by atoms with E-state index in [1.54, 1.807) is 0 Å². The first-order valence-corrected chi connectivity index (χ1v) is 7.66. The van der Waals surface area contributed by atoms with E-state index in [-0.39, 0.29) is 22.4 Å². The molecule has 0 radical (unpaired) electrons. The van der Waals surface area contributed by atoms with E-state index in [2.05, 4.69) is 9.84 Å². The van der Waals surface area contributed by atoms with Crippen LogP contribution in [0.5, 0.6) is 5.75 Å². The third-order valence-electron chi connectivity index (χ3n) is 3.82. The molecule has 3 aromatic rings.